The Morgan fingerprint density at radius 1 is 1.28 bits per heavy atom. The van der Waals surface area contributed by atoms with Crippen LogP contribution in [0.2, 0.25) is 0 Å². The quantitative estimate of drug-likeness (QED) is 0.326. The molecule has 1 aliphatic rings. The summed E-state index contributed by atoms with van der Waals surface area (Å²) in [6.07, 6.45) is 6.07. The third kappa shape index (κ3) is 5.70. The van der Waals surface area contributed by atoms with Crippen molar-refractivity contribution in [3.8, 4) is 0 Å². The molecule has 0 atom stereocenters. The van der Waals surface area contributed by atoms with Crippen molar-refractivity contribution in [1.82, 2.24) is 10.6 Å². The molecule has 0 radical (unpaired) electrons. The van der Waals surface area contributed by atoms with Crippen molar-refractivity contribution in [2.75, 3.05) is 27.3 Å². The number of hydrogen-bond acceptors (Lipinski definition) is 4. The summed E-state index contributed by atoms with van der Waals surface area (Å²) in [5, 5.41) is 17.4. The Kier molecular flexibility index (Phi) is 7.18. The SMILES string of the molecule is CN=C(NCc1ccc([N+](=O)[O-])cc1)NCC1(CCOC)CCCC1. The van der Waals surface area contributed by atoms with E-state index in [0.29, 0.717) is 12.0 Å². The van der Waals surface area contributed by atoms with Crippen LogP contribution in [0.15, 0.2) is 29.3 Å². The molecule has 2 rings (SSSR count). The van der Waals surface area contributed by atoms with Crippen LogP contribution in [0, 0.1) is 15.5 Å². The monoisotopic (exact) mass is 348 g/mol. The molecule has 2 N–H and O–H groups in total. The first-order chi connectivity index (χ1) is 12.1. The van der Waals surface area contributed by atoms with E-state index >= 15 is 0 Å². The highest BCUT2D eigenvalue weighted by Gasteiger charge is 2.33. The van der Waals surface area contributed by atoms with Crippen LogP contribution in [-0.2, 0) is 11.3 Å². The summed E-state index contributed by atoms with van der Waals surface area (Å²) >= 11 is 0. The molecular weight excluding hydrogens is 320 g/mol. The van der Waals surface area contributed by atoms with Gasteiger partial charge in [0.1, 0.15) is 0 Å². The van der Waals surface area contributed by atoms with Gasteiger partial charge in [0.2, 0.25) is 0 Å². The number of ether oxygens (including phenoxy) is 1. The van der Waals surface area contributed by atoms with E-state index in [1.165, 1.54) is 37.8 Å². The molecule has 0 aliphatic heterocycles. The second kappa shape index (κ2) is 9.36. The van der Waals surface area contributed by atoms with E-state index in [1.54, 1.807) is 26.3 Å². The van der Waals surface area contributed by atoms with Crippen molar-refractivity contribution in [3.05, 3.63) is 39.9 Å². The van der Waals surface area contributed by atoms with E-state index in [2.05, 4.69) is 15.6 Å². The Balaban J connectivity index is 1.84. The smallest absolute Gasteiger partial charge is 0.269 e. The van der Waals surface area contributed by atoms with Crippen LogP contribution in [0.1, 0.15) is 37.7 Å². The molecule has 1 saturated carbocycles. The van der Waals surface area contributed by atoms with Crippen LogP contribution in [0.5, 0.6) is 0 Å². The molecule has 0 unspecified atom stereocenters. The molecule has 25 heavy (non-hydrogen) atoms. The average Bonchev–Trinajstić information content (AvgIpc) is 3.09. The van der Waals surface area contributed by atoms with E-state index in [4.69, 9.17) is 4.74 Å². The highest BCUT2D eigenvalue weighted by Crippen LogP contribution is 2.40. The van der Waals surface area contributed by atoms with Gasteiger partial charge < -0.3 is 15.4 Å². The molecular formula is C18H28N4O3. The third-order valence-electron chi connectivity index (χ3n) is 4.96. The molecule has 7 heteroatoms. The fourth-order valence-electron chi connectivity index (χ4n) is 3.37. The van der Waals surface area contributed by atoms with Gasteiger partial charge in [-0.1, -0.05) is 25.0 Å². The molecule has 0 bridgehead atoms. The first-order valence-corrected chi connectivity index (χ1v) is 8.75. The largest absolute Gasteiger partial charge is 0.385 e. The minimum absolute atomic E-state index is 0.104. The lowest BCUT2D eigenvalue weighted by molar-refractivity contribution is -0.384. The van der Waals surface area contributed by atoms with E-state index in [1.807, 2.05) is 0 Å². The average molecular weight is 348 g/mol. The van der Waals surface area contributed by atoms with Crippen molar-refractivity contribution in [1.29, 1.82) is 0 Å². The lowest BCUT2D eigenvalue weighted by atomic mass is 9.83. The number of benzene rings is 1. The number of nitrogens with one attached hydrogen (secondary N) is 2. The van der Waals surface area contributed by atoms with Gasteiger partial charge in [0.05, 0.1) is 4.92 Å². The normalized spacial score (nSPS) is 16.6. The molecule has 0 saturated heterocycles. The minimum Gasteiger partial charge on any atom is -0.385 e. The van der Waals surface area contributed by atoms with Crippen molar-refractivity contribution in [2.45, 2.75) is 38.6 Å². The standard InChI is InChI=1S/C18H28N4O3/c1-19-17(20-13-15-5-7-16(8-6-15)22(23)24)21-14-18(11-12-25-2)9-3-4-10-18/h5-8H,3-4,9-14H2,1-2H3,(H2,19,20,21). The number of guanidine groups is 1. The Morgan fingerprint density at radius 2 is 1.96 bits per heavy atom. The van der Waals surface area contributed by atoms with Crippen molar-refractivity contribution < 1.29 is 9.66 Å². The van der Waals surface area contributed by atoms with Crippen LogP contribution in [0.4, 0.5) is 5.69 Å². The van der Waals surface area contributed by atoms with Gasteiger partial charge in [0, 0.05) is 46.0 Å². The fourth-order valence-corrected chi connectivity index (χ4v) is 3.37. The van der Waals surface area contributed by atoms with Crippen molar-refractivity contribution in [3.63, 3.8) is 0 Å². The fraction of sp³-hybridized carbons (Fsp3) is 0.611. The zero-order valence-electron chi connectivity index (χ0n) is 15.1. The van der Waals surface area contributed by atoms with Gasteiger partial charge in [-0.25, -0.2) is 0 Å². The maximum atomic E-state index is 10.7. The van der Waals surface area contributed by atoms with E-state index in [0.717, 1.165) is 31.1 Å². The number of hydrogen-bond donors (Lipinski definition) is 2. The molecule has 7 nitrogen and oxygen atoms in total. The Hall–Kier alpha value is -2.15. The summed E-state index contributed by atoms with van der Waals surface area (Å²) in [5.41, 5.74) is 1.37. The molecule has 1 aliphatic carbocycles. The van der Waals surface area contributed by atoms with E-state index < -0.39 is 4.92 Å². The maximum absolute atomic E-state index is 10.7. The molecule has 1 aromatic carbocycles. The molecule has 0 heterocycles. The molecule has 138 valence electrons. The van der Waals surface area contributed by atoms with Gasteiger partial charge in [-0.05, 0) is 30.2 Å². The molecule has 0 aromatic heterocycles. The van der Waals surface area contributed by atoms with Gasteiger partial charge in [-0.15, -0.1) is 0 Å². The summed E-state index contributed by atoms with van der Waals surface area (Å²) in [5.74, 6) is 0.752. The second-order valence-corrected chi connectivity index (χ2v) is 6.65. The summed E-state index contributed by atoms with van der Waals surface area (Å²) < 4.78 is 5.27. The number of nitro groups is 1. The van der Waals surface area contributed by atoms with Gasteiger partial charge in [0.25, 0.3) is 5.69 Å². The lowest BCUT2D eigenvalue weighted by Crippen LogP contribution is -2.43. The highest BCUT2D eigenvalue weighted by molar-refractivity contribution is 5.79. The zero-order chi connectivity index (χ0) is 18.1. The van der Waals surface area contributed by atoms with Gasteiger partial charge in [0.15, 0.2) is 5.96 Å². The number of non-ortho nitro benzene ring substituents is 1. The number of methoxy groups -OCH3 is 1. The van der Waals surface area contributed by atoms with Gasteiger partial charge >= 0.3 is 0 Å². The molecule has 0 spiro atoms. The van der Waals surface area contributed by atoms with E-state index in [9.17, 15) is 10.1 Å². The number of nitrogens with zero attached hydrogens (tertiary/aromatic N) is 2. The predicted octanol–water partition coefficient (Wildman–Crippen LogP) is 2.86. The van der Waals surface area contributed by atoms with Crippen molar-refractivity contribution >= 4 is 11.6 Å². The first-order valence-electron chi connectivity index (χ1n) is 8.75. The Morgan fingerprint density at radius 3 is 2.52 bits per heavy atom. The number of nitro benzene ring substituents is 1. The second-order valence-electron chi connectivity index (χ2n) is 6.65. The van der Waals surface area contributed by atoms with Crippen LogP contribution in [-0.4, -0.2) is 38.2 Å². The summed E-state index contributed by atoms with van der Waals surface area (Å²) in [6, 6.07) is 6.56. The minimum atomic E-state index is -0.390. The van der Waals surface area contributed by atoms with Crippen LogP contribution >= 0.6 is 0 Å². The molecule has 0 amide bonds. The highest BCUT2D eigenvalue weighted by atomic mass is 16.6. The summed E-state index contributed by atoms with van der Waals surface area (Å²) in [7, 11) is 3.50. The van der Waals surface area contributed by atoms with Gasteiger partial charge in [-0.2, -0.15) is 0 Å². The predicted molar refractivity (Wildman–Crippen MR) is 98.7 cm³/mol. The number of rotatable bonds is 8. The first kappa shape index (κ1) is 19.2. The van der Waals surface area contributed by atoms with Crippen molar-refractivity contribution in [2.24, 2.45) is 10.4 Å². The molecule has 1 fully saturated rings. The number of aliphatic imine (C=N–C) groups is 1. The zero-order valence-corrected chi connectivity index (χ0v) is 15.1. The van der Waals surface area contributed by atoms with Crippen LogP contribution in [0.3, 0.4) is 0 Å². The maximum Gasteiger partial charge on any atom is 0.269 e. The third-order valence-corrected chi connectivity index (χ3v) is 4.96. The Bertz CT molecular complexity index is 580. The molecule has 1 aromatic rings. The lowest BCUT2D eigenvalue weighted by Gasteiger charge is -2.30. The van der Waals surface area contributed by atoms with Crippen LogP contribution in [0.25, 0.3) is 0 Å². The van der Waals surface area contributed by atoms with E-state index in [-0.39, 0.29) is 5.69 Å². The summed E-state index contributed by atoms with van der Waals surface area (Å²) in [6.45, 7) is 2.25. The Labute approximate surface area is 149 Å². The topological polar surface area (TPSA) is 88.8 Å². The van der Waals surface area contributed by atoms with Crippen LogP contribution < -0.4 is 10.6 Å². The summed E-state index contributed by atoms with van der Waals surface area (Å²) in [4.78, 5) is 14.6. The van der Waals surface area contributed by atoms with Gasteiger partial charge in [-0.3, -0.25) is 15.1 Å².